The Labute approximate surface area is 132 Å². The molecule has 0 aromatic heterocycles. The molecule has 3 saturated heterocycles. The zero-order valence-corrected chi connectivity index (χ0v) is 13.8. The van der Waals surface area contributed by atoms with Gasteiger partial charge in [0.15, 0.2) is 0 Å². The highest BCUT2D eigenvalue weighted by molar-refractivity contribution is 6.07. The topological polar surface area (TPSA) is 55.9 Å². The van der Waals surface area contributed by atoms with Gasteiger partial charge in [-0.25, -0.2) is 4.79 Å². The highest BCUT2D eigenvalue weighted by Gasteiger charge is 2.55. The summed E-state index contributed by atoms with van der Waals surface area (Å²) in [4.78, 5) is 30.9. The van der Waals surface area contributed by atoms with Gasteiger partial charge in [0, 0.05) is 32.2 Å². The van der Waals surface area contributed by atoms with E-state index < -0.39 is 5.54 Å². The number of hydrogen-bond acceptors (Lipinski definition) is 4. The first-order valence-corrected chi connectivity index (χ1v) is 8.62. The van der Waals surface area contributed by atoms with E-state index in [1.54, 1.807) is 0 Å². The van der Waals surface area contributed by atoms with E-state index in [4.69, 9.17) is 0 Å². The van der Waals surface area contributed by atoms with Gasteiger partial charge in [-0.2, -0.15) is 0 Å². The Morgan fingerprint density at radius 1 is 1.05 bits per heavy atom. The van der Waals surface area contributed by atoms with E-state index in [0.717, 1.165) is 26.1 Å². The lowest BCUT2D eigenvalue weighted by Crippen LogP contribution is -2.50. The van der Waals surface area contributed by atoms with Crippen LogP contribution < -0.4 is 5.32 Å². The average Bonchev–Trinajstić information content (AvgIpc) is 3.00. The third-order valence-electron chi connectivity index (χ3n) is 5.24. The van der Waals surface area contributed by atoms with Crippen molar-refractivity contribution in [2.45, 2.75) is 51.1 Å². The number of urea groups is 1. The maximum Gasteiger partial charge on any atom is 0.325 e. The Morgan fingerprint density at radius 2 is 1.73 bits per heavy atom. The molecule has 0 unspecified atom stereocenters. The van der Waals surface area contributed by atoms with Crippen LogP contribution in [0, 0.1) is 0 Å². The quantitative estimate of drug-likeness (QED) is 0.783. The molecule has 6 heteroatoms. The summed E-state index contributed by atoms with van der Waals surface area (Å²) in [7, 11) is 0. The minimum absolute atomic E-state index is 0.0343. The molecule has 0 aliphatic carbocycles. The highest BCUT2D eigenvalue weighted by Crippen LogP contribution is 2.29. The molecule has 124 valence electrons. The van der Waals surface area contributed by atoms with Gasteiger partial charge in [-0.15, -0.1) is 0 Å². The van der Waals surface area contributed by atoms with E-state index >= 15 is 0 Å². The first-order chi connectivity index (χ1) is 10.5. The van der Waals surface area contributed by atoms with Crippen molar-refractivity contribution >= 4 is 11.9 Å². The number of imide groups is 1. The Balaban J connectivity index is 1.55. The zero-order chi connectivity index (χ0) is 15.7. The van der Waals surface area contributed by atoms with E-state index in [1.165, 1.54) is 37.3 Å². The Kier molecular flexibility index (Phi) is 4.41. The van der Waals surface area contributed by atoms with Gasteiger partial charge >= 0.3 is 6.03 Å². The molecule has 1 spiro atoms. The number of hydrogen-bond donors (Lipinski definition) is 1. The van der Waals surface area contributed by atoms with Crippen LogP contribution in [0.15, 0.2) is 0 Å². The molecule has 22 heavy (non-hydrogen) atoms. The SMILES string of the molecule is CC(C)N1C(=O)N[C@@]2(CCN(CCN3CCCCC3)C2)C1=O. The summed E-state index contributed by atoms with van der Waals surface area (Å²) in [6, 6.07) is -0.299. The summed E-state index contributed by atoms with van der Waals surface area (Å²) in [5.41, 5.74) is -0.663. The molecule has 3 rings (SSSR count). The summed E-state index contributed by atoms with van der Waals surface area (Å²) in [5.74, 6) is -0.0343. The summed E-state index contributed by atoms with van der Waals surface area (Å²) < 4.78 is 0. The number of likely N-dealkylation sites (tertiary alicyclic amines) is 2. The molecule has 3 aliphatic rings. The number of carbonyl (C=O) groups excluding carboxylic acids is 2. The molecule has 3 heterocycles. The van der Waals surface area contributed by atoms with Crippen LogP contribution in [-0.4, -0.2) is 77.5 Å². The zero-order valence-electron chi connectivity index (χ0n) is 13.8. The van der Waals surface area contributed by atoms with Crippen molar-refractivity contribution in [2.24, 2.45) is 0 Å². The van der Waals surface area contributed by atoms with Gasteiger partial charge in [0.25, 0.3) is 5.91 Å². The molecule has 0 aromatic carbocycles. The fourth-order valence-electron chi connectivity index (χ4n) is 3.93. The number of carbonyl (C=O) groups is 2. The van der Waals surface area contributed by atoms with Crippen LogP contribution in [0.25, 0.3) is 0 Å². The normalized spacial score (nSPS) is 30.8. The third kappa shape index (κ3) is 2.86. The minimum Gasteiger partial charge on any atom is -0.322 e. The fourth-order valence-corrected chi connectivity index (χ4v) is 3.93. The van der Waals surface area contributed by atoms with Gasteiger partial charge in [-0.05, 0) is 46.2 Å². The van der Waals surface area contributed by atoms with Gasteiger partial charge in [0.05, 0.1) is 0 Å². The second kappa shape index (κ2) is 6.16. The lowest BCUT2D eigenvalue weighted by atomic mass is 9.98. The van der Waals surface area contributed by atoms with Crippen LogP contribution >= 0.6 is 0 Å². The smallest absolute Gasteiger partial charge is 0.322 e. The Hall–Kier alpha value is -1.14. The van der Waals surface area contributed by atoms with Crippen molar-refractivity contribution in [1.29, 1.82) is 0 Å². The number of rotatable bonds is 4. The van der Waals surface area contributed by atoms with Gasteiger partial charge in [0.1, 0.15) is 5.54 Å². The summed E-state index contributed by atoms with van der Waals surface area (Å²) in [6.45, 7) is 9.81. The molecular weight excluding hydrogens is 280 g/mol. The van der Waals surface area contributed by atoms with Crippen molar-refractivity contribution in [3.8, 4) is 0 Å². The van der Waals surface area contributed by atoms with Crippen LogP contribution in [0.3, 0.4) is 0 Å². The Morgan fingerprint density at radius 3 is 2.36 bits per heavy atom. The average molecular weight is 308 g/mol. The standard InChI is InChI=1S/C16H28N4O2/c1-13(2)20-14(21)16(17-15(20)22)6-9-19(12-16)11-10-18-7-4-3-5-8-18/h13H,3-12H2,1-2H3,(H,17,22)/t16-/m1/s1. The second-order valence-corrected chi connectivity index (χ2v) is 7.21. The lowest BCUT2D eigenvalue weighted by Gasteiger charge is -2.29. The molecule has 0 radical (unpaired) electrons. The van der Waals surface area contributed by atoms with Crippen LogP contribution in [-0.2, 0) is 4.79 Å². The lowest BCUT2D eigenvalue weighted by molar-refractivity contribution is -0.132. The second-order valence-electron chi connectivity index (χ2n) is 7.21. The maximum atomic E-state index is 12.6. The van der Waals surface area contributed by atoms with Gasteiger partial charge < -0.3 is 10.2 Å². The molecule has 1 N–H and O–H groups in total. The van der Waals surface area contributed by atoms with Crippen LogP contribution in [0.1, 0.15) is 39.5 Å². The van der Waals surface area contributed by atoms with Crippen LogP contribution in [0.4, 0.5) is 4.79 Å². The first-order valence-electron chi connectivity index (χ1n) is 8.62. The van der Waals surface area contributed by atoms with Crippen molar-refractivity contribution in [3.63, 3.8) is 0 Å². The van der Waals surface area contributed by atoms with E-state index in [0.29, 0.717) is 6.54 Å². The van der Waals surface area contributed by atoms with Crippen LogP contribution in [0.2, 0.25) is 0 Å². The molecule has 6 nitrogen and oxygen atoms in total. The van der Waals surface area contributed by atoms with Crippen LogP contribution in [0.5, 0.6) is 0 Å². The number of nitrogens with one attached hydrogen (secondary N) is 1. The summed E-state index contributed by atoms with van der Waals surface area (Å²) in [5, 5.41) is 2.96. The Bertz CT molecular complexity index is 447. The number of piperidine rings is 1. The highest BCUT2D eigenvalue weighted by atomic mass is 16.2. The van der Waals surface area contributed by atoms with Crippen molar-refractivity contribution in [3.05, 3.63) is 0 Å². The monoisotopic (exact) mass is 308 g/mol. The van der Waals surface area contributed by atoms with E-state index in [-0.39, 0.29) is 18.0 Å². The van der Waals surface area contributed by atoms with E-state index in [9.17, 15) is 9.59 Å². The molecule has 3 fully saturated rings. The summed E-state index contributed by atoms with van der Waals surface area (Å²) in [6.07, 6.45) is 4.71. The molecule has 0 bridgehead atoms. The molecule has 0 aromatic rings. The third-order valence-corrected chi connectivity index (χ3v) is 5.24. The molecule has 3 amide bonds. The molecule has 3 aliphatic heterocycles. The predicted octanol–water partition coefficient (Wildman–Crippen LogP) is 0.877. The number of nitrogens with zero attached hydrogens (tertiary/aromatic N) is 3. The molecule has 0 saturated carbocycles. The predicted molar refractivity (Wildman–Crippen MR) is 84.6 cm³/mol. The molecule has 1 atom stereocenters. The first kappa shape index (κ1) is 15.7. The largest absolute Gasteiger partial charge is 0.325 e. The van der Waals surface area contributed by atoms with Crippen molar-refractivity contribution in [1.82, 2.24) is 20.0 Å². The van der Waals surface area contributed by atoms with Gasteiger partial charge in [-0.1, -0.05) is 6.42 Å². The van der Waals surface area contributed by atoms with Gasteiger partial charge in [0.2, 0.25) is 0 Å². The van der Waals surface area contributed by atoms with Gasteiger partial charge in [-0.3, -0.25) is 14.6 Å². The summed E-state index contributed by atoms with van der Waals surface area (Å²) >= 11 is 0. The maximum absolute atomic E-state index is 12.6. The van der Waals surface area contributed by atoms with Crippen molar-refractivity contribution in [2.75, 3.05) is 39.3 Å². The van der Waals surface area contributed by atoms with E-state index in [1.807, 2.05) is 13.8 Å². The minimum atomic E-state index is -0.663. The molecular formula is C16H28N4O2. The number of amides is 3. The fraction of sp³-hybridized carbons (Fsp3) is 0.875. The van der Waals surface area contributed by atoms with Crippen molar-refractivity contribution < 1.29 is 9.59 Å². The van der Waals surface area contributed by atoms with E-state index in [2.05, 4.69) is 15.1 Å².